The molecule has 4 nitrogen and oxygen atoms in total. The molecule has 0 aliphatic heterocycles. The summed E-state index contributed by atoms with van der Waals surface area (Å²) in [6.07, 6.45) is 3.90. The highest BCUT2D eigenvalue weighted by atomic mass is 32.2. The monoisotopic (exact) mass is 290 g/mol. The predicted octanol–water partition coefficient (Wildman–Crippen LogP) is 1.65. The third-order valence-corrected chi connectivity index (χ3v) is 6.79. The molecule has 1 fully saturated rings. The molecule has 0 bridgehead atoms. The van der Waals surface area contributed by atoms with Gasteiger partial charge in [-0.15, -0.1) is 0 Å². The van der Waals surface area contributed by atoms with Gasteiger partial charge in [0.15, 0.2) is 9.84 Å². The lowest BCUT2D eigenvalue weighted by molar-refractivity contribution is 0.0371. The van der Waals surface area contributed by atoms with Crippen LogP contribution in [0.2, 0.25) is 0 Å². The first-order valence-electron chi connectivity index (χ1n) is 7.08. The van der Waals surface area contributed by atoms with E-state index in [-0.39, 0.29) is 16.7 Å². The fraction of sp³-hybridized carbons (Fsp3) is 1.00. The van der Waals surface area contributed by atoms with Crippen LogP contribution in [0.1, 0.15) is 47.0 Å². The van der Waals surface area contributed by atoms with Crippen molar-refractivity contribution in [3.05, 3.63) is 0 Å². The lowest BCUT2D eigenvalue weighted by Gasteiger charge is -2.48. The number of sulfone groups is 1. The molecule has 0 heterocycles. The van der Waals surface area contributed by atoms with Gasteiger partial charge in [-0.3, -0.25) is 4.90 Å². The second-order valence-corrected chi connectivity index (χ2v) is 9.40. The van der Waals surface area contributed by atoms with Crippen LogP contribution in [0.15, 0.2) is 0 Å². The third-order valence-electron chi connectivity index (χ3n) is 5.08. The summed E-state index contributed by atoms with van der Waals surface area (Å²) in [7, 11) is -1.03. The Kier molecular flexibility index (Phi) is 4.75. The minimum absolute atomic E-state index is 0.0988. The van der Waals surface area contributed by atoms with Crippen LogP contribution in [0.5, 0.6) is 0 Å². The van der Waals surface area contributed by atoms with E-state index < -0.39 is 15.4 Å². The molecule has 1 rings (SSSR count). The molecule has 2 N–H and O–H groups in total. The second-order valence-electron chi connectivity index (χ2n) is 7.17. The maximum atomic E-state index is 12.1. The Morgan fingerprint density at radius 2 is 1.95 bits per heavy atom. The first-order valence-corrected chi connectivity index (χ1v) is 9.04. The van der Waals surface area contributed by atoms with Crippen molar-refractivity contribution in [3.8, 4) is 0 Å². The van der Waals surface area contributed by atoms with E-state index in [2.05, 4.69) is 32.6 Å². The summed E-state index contributed by atoms with van der Waals surface area (Å²) in [6.45, 7) is 9.12. The minimum Gasteiger partial charge on any atom is -0.329 e. The number of likely N-dealkylation sites (N-methyl/N-ethyl adjacent to an activating group) is 1. The van der Waals surface area contributed by atoms with Gasteiger partial charge in [-0.1, -0.05) is 27.2 Å². The number of nitrogens with two attached hydrogens (primary N) is 1. The van der Waals surface area contributed by atoms with E-state index in [1.54, 1.807) is 0 Å². The molecule has 1 aliphatic rings. The average molecular weight is 290 g/mol. The van der Waals surface area contributed by atoms with Crippen LogP contribution in [0.4, 0.5) is 0 Å². The Balaban J connectivity index is 3.17. The molecule has 0 saturated heterocycles. The van der Waals surface area contributed by atoms with Gasteiger partial charge in [0.05, 0.1) is 5.25 Å². The van der Waals surface area contributed by atoms with Crippen molar-refractivity contribution in [3.63, 3.8) is 0 Å². The van der Waals surface area contributed by atoms with Crippen molar-refractivity contribution in [1.82, 2.24) is 4.90 Å². The molecular formula is C14H30N2O2S. The van der Waals surface area contributed by atoms with Crippen molar-refractivity contribution in [2.24, 2.45) is 11.1 Å². The van der Waals surface area contributed by atoms with Gasteiger partial charge in [0.25, 0.3) is 0 Å². The van der Waals surface area contributed by atoms with E-state index in [0.29, 0.717) is 6.54 Å². The Bertz CT molecular complexity index is 414. The van der Waals surface area contributed by atoms with Crippen molar-refractivity contribution in [2.75, 3.05) is 19.8 Å². The average Bonchev–Trinajstić information content (AvgIpc) is 2.70. The molecule has 3 atom stereocenters. The van der Waals surface area contributed by atoms with E-state index in [1.807, 2.05) is 7.05 Å². The highest BCUT2D eigenvalue weighted by Crippen LogP contribution is 2.41. The largest absolute Gasteiger partial charge is 0.329 e. The number of rotatable bonds is 4. The fourth-order valence-corrected chi connectivity index (χ4v) is 5.16. The zero-order chi connectivity index (χ0) is 15.1. The van der Waals surface area contributed by atoms with Crippen LogP contribution in [-0.4, -0.2) is 50.0 Å². The van der Waals surface area contributed by atoms with Gasteiger partial charge < -0.3 is 5.73 Å². The maximum absolute atomic E-state index is 12.1. The van der Waals surface area contributed by atoms with E-state index in [4.69, 9.17) is 5.73 Å². The smallest absolute Gasteiger partial charge is 0.152 e. The zero-order valence-electron chi connectivity index (χ0n) is 13.2. The highest BCUT2D eigenvalue weighted by molar-refractivity contribution is 7.91. The molecule has 1 aliphatic carbocycles. The normalized spacial score (nSPS) is 30.8. The Labute approximate surface area is 118 Å². The van der Waals surface area contributed by atoms with Crippen molar-refractivity contribution >= 4 is 9.84 Å². The van der Waals surface area contributed by atoms with Gasteiger partial charge >= 0.3 is 0 Å². The summed E-state index contributed by atoms with van der Waals surface area (Å²) in [5.74, 6) is 0. The Hall–Kier alpha value is -0.130. The van der Waals surface area contributed by atoms with E-state index in [0.717, 1.165) is 19.3 Å². The number of nitrogens with zero attached hydrogens (tertiary/aromatic N) is 1. The van der Waals surface area contributed by atoms with Crippen molar-refractivity contribution in [1.29, 1.82) is 0 Å². The van der Waals surface area contributed by atoms with Gasteiger partial charge in [0, 0.05) is 24.4 Å². The van der Waals surface area contributed by atoms with Crippen molar-refractivity contribution < 1.29 is 8.42 Å². The highest BCUT2D eigenvalue weighted by Gasteiger charge is 2.51. The van der Waals surface area contributed by atoms with Gasteiger partial charge in [0.1, 0.15) is 0 Å². The van der Waals surface area contributed by atoms with E-state index in [1.165, 1.54) is 6.26 Å². The summed E-state index contributed by atoms with van der Waals surface area (Å²) in [6, 6.07) is 0.276. The van der Waals surface area contributed by atoms with Crippen LogP contribution in [-0.2, 0) is 9.84 Å². The SMILES string of the molecule is CC(N(C)C1(CN)CCCC1S(C)(=O)=O)C(C)(C)C. The standard InChI is InChI=1S/C14H30N2O2S/c1-11(13(2,3)4)16(5)14(10-15)9-7-8-12(14)19(6,17)18/h11-12H,7-10,15H2,1-6H3. The summed E-state index contributed by atoms with van der Waals surface area (Å²) in [4.78, 5) is 2.23. The van der Waals surface area contributed by atoms with Crippen LogP contribution in [0, 0.1) is 5.41 Å². The lowest BCUT2D eigenvalue weighted by atomic mass is 9.83. The van der Waals surface area contributed by atoms with Crippen LogP contribution < -0.4 is 5.73 Å². The Morgan fingerprint density at radius 3 is 2.32 bits per heavy atom. The molecular weight excluding hydrogens is 260 g/mol. The molecule has 0 radical (unpaired) electrons. The molecule has 114 valence electrons. The van der Waals surface area contributed by atoms with Crippen LogP contribution in [0.25, 0.3) is 0 Å². The van der Waals surface area contributed by atoms with E-state index in [9.17, 15) is 8.42 Å². The van der Waals surface area contributed by atoms with Gasteiger partial charge in [-0.25, -0.2) is 8.42 Å². The molecule has 1 saturated carbocycles. The summed E-state index contributed by atoms with van der Waals surface area (Å²) in [5, 5.41) is -0.334. The van der Waals surface area contributed by atoms with Gasteiger partial charge in [-0.05, 0) is 32.2 Å². The first-order chi connectivity index (χ1) is 8.47. The molecule has 0 aromatic rings. The molecule has 0 aromatic heterocycles. The van der Waals surface area contributed by atoms with Crippen LogP contribution in [0.3, 0.4) is 0 Å². The van der Waals surface area contributed by atoms with Gasteiger partial charge in [0.2, 0.25) is 0 Å². The van der Waals surface area contributed by atoms with Crippen LogP contribution >= 0.6 is 0 Å². The molecule has 5 heteroatoms. The predicted molar refractivity (Wildman–Crippen MR) is 80.9 cm³/mol. The number of hydrogen-bond acceptors (Lipinski definition) is 4. The quantitative estimate of drug-likeness (QED) is 0.855. The molecule has 0 aromatic carbocycles. The maximum Gasteiger partial charge on any atom is 0.152 e. The topological polar surface area (TPSA) is 63.4 Å². The fourth-order valence-electron chi connectivity index (χ4n) is 3.38. The lowest BCUT2D eigenvalue weighted by Crippen LogP contribution is -2.63. The molecule has 0 amide bonds. The summed E-state index contributed by atoms with van der Waals surface area (Å²) >= 11 is 0. The zero-order valence-corrected chi connectivity index (χ0v) is 14.0. The summed E-state index contributed by atoms with van der Waals surface area (Å²) in [5.41, 5.74) is 5.73. The molecule has 19 heavy (non-hydrogen) atoms. The van der Waals surface area contributed by atoms with Gasteiger partial charge in [-0.2, -0.15) is 0 Å². The Morgan fingerprint density at radius 1 is 1.42 bits per heavy atom. The van der Waals surface area contributed by atoms with E-state index >= 15 is 0 Å². The molecule has 3 unspecified atom stereocenters. The van der Waals surface area contributed by atoms with Crippen molar-refractivity contribution in [2.45, 2.75) is 63.8 Å². The first kappa shape index (κ1) is 16.9. The minimum atomic E-state index is -3.07. The number of hydrogen-bond donors (Lipinski definition) is 1. The summed E-state index contributed by atoms with van der Waals surface area (Å²) < 4.78 is 24.2. The third kappa shape index (κ3) is 3.14. The second kappa shape index (κ2) is 5.34. The molecule has 0 spiro atoms.